The highest BCUT2D eigenvalue weighted by atomic mass is 35.5. The van der Waals surface area contributed by atoms with E-state index >= 15 is 0 Å². The van der Waals surface area contributed by atoms with E-state index in [2.05, 4.69) is 10.6 Å². The van der Waals surface area contributed by atoms with Crippen LogP contribution in [0.25, 0.3) is 6.08 Å². The number of anilines is 1. The highest BCUT2D eigenvalue weighted by molar-refractivity contribution is 6.42. The fourth-order valence-corrected chi connectivity index (χ4v) is 3.75. The lowest BCUT2D eigenvalue weighted by molar-refractivity contribution is -0.133. The van der Waals surface area contributed by atoms with E-state index in [0.29, 0.717) is 21.3 Å². The average molecular weight is 404 g/mol. The molecule has 2 aliphatic rings. The van der Waals surface area contributed by atoms with Crippen LogP contribution >= 0.6 is 23.2 Å². The minimum absolute atomic E-state index is 0.253. The molecule has 2 aliphatic heterocycles. The lowest BCUT2D eigenvalue weighted by Gasteiger charge is -2.20. The van der Waals surface area contributed by atoms with Crippen LogP contribution in [0.5, 0.6) is 0 Å². The number of carbonyl (C=O) groups is 2. The quantitative estimate of drug-likeness (QED) is 0.686. The Balaban J connectivity index is 1.64. The number of aliphatic hydroxyl groups is 1. The number of halogens is 2. The predicted octanol–water partition coefficient (Wildman–Crippen LogP) is 2.24. The van der Waals surface area contributed by atoms with Crippen molar-refractivity contribution >= 4 is 46.8 Å². The first-order chi connectivity index (χ1) is 12.9. The molecule has 1 spiro atoms. The number of hydrogen-bond donors (Lipinski definition) is 3. The second-order valence-corrected chi connectivity index (χ2v) is 7.09. The second-order valence-electron chi connectivity index (χ2n) is 6.28. The smallest absolute Gasteiger partial charge is 0.262 e. The first kappa shape index (κ1) is 18.0. The Kier molecular flexibility index (Phi) is 4.44. The van der Waals surface area contributed by atoms with Crippen LogP contribution in [0.3, 0.4) is 0 Å². The third-order valence-electron chi connectivity index (χ3n) is 4.67. The van der Waals surface area contributed by atoms with Crippen LogP contribution in [0.15, 0.2) is 48.5 Å². The summed E-state index contributed by atoms with van der Waals surface area (Å²) in [5.41, 5.74) is 0.379. The highest BCUT2D eigenvalue weighted by Gasteiger charge is 2.60. The summed E-state index contributed by atoms with van der Waals surface area (Å²) in [6.45, 7) is 0.253. The molecule has 2 unspecified atom stereocenters. The summed E-state index contributed by atoms with van der Waals surface area (Å²) in [5.74, 6) is -1.00. The van der Waals surface area contributed by atoms with Crippen molar-refractivity contribution in [2.75, 3.05) is 11.4 Å². The summed E-state index contributed by atoms with van der Waals surface area (Å²) < 4.78 is 0. The van der Waals surface area contributed by atoms with Crippen molar-refractivity contribution in [2.24, 2.45) is 0 Å². The van der Waals surface area contributed by atoms with Gasteiger partial charge in [-0.15, -0.1) is 0 Å². The topological polar surface area (TPSA) is 81.7 Å². The Labute approximate surface area is 165 Å². The molecule has 6 nitrogen and oxygen atoms in total. The molecule has 1 saturated heterocycles. The van der Waals surface area contributed by atoms with E-state index in [1.807, 2.05) is 12.1 Å². The Morgan fingerprint density at radius 3 is 2.63 bits per heavy atom. The molecule has 138 valence electrons. The molecule has 2 amide bonds. The largest absolute Gasteiger partial charge is 0.361 e. The van der Waals surface area contributed by atoms with Crippen molar-refractivity contribution in [1.82, 2.24) is 10.6 Å². The minimum atomic E-state index is -1.60. The Morgan fingerprint density at radius 2 is 1.93 bits per heavy atom. The van der Waals surface area contributed by atoms with Gasteiger partial charge in [0, 0.05) is 12.1 Å². The molecule has 3 N–H and O–H groups in total. The summed E-state index contributed by atoms with van der Waals surface area (Å²) in [7, 11) is 0. The van der Waals surface area contributed by atoms with Crippen molar-refractivity contribution in [1.29, 1.82) is 0 Å². The van der Waals surface area contributed by atoms with E-state index in [-0.39, 0.29) is 6.54 Å². The number of carbonyl (C=O) groups excluding carboxylic acids is 2. The van der Waals surface area contributed by atoms with Crippen LogP contribution in [-0.2, 0) is 15.1 Å². The summed E-state index contributed by atoms with van der Waals surface area (Å²) >= 11 is 11.9. The van der Waals surface area contributed by atoms with E-state index in [9.17, 15) is 14.7 Å². The normalized spacial score (nSPS) is 24.1. The number of nitrogens with zero attached hydrogens (tertiary/aromatic N) is 1. The molecule has 4 rings (SSSR count). The molecule has 1 fully saturated rings. The van der Waals surface area contributed by atoms with Gasteiger partial charge >= 0.3 is 0 Å². The number of rotatable bonds is 3. The standard InChI is InChI=1S/C19H15Cl2N3O3/c20-13-8-7-11(10-14(13)21)4-3-9-24-15-6-2-1-5-12(15)19(17(24)26)16(25)22-18(27)23-19/h1-8,10,18,23,27H,9H2,(H,22,25)/b4-3+. The first-order valence-corrected chi connectivity index (χ1v) is 8.99. The fourth-order valence-electron chi connectivity index (χ4n) is 3.44. The van der Waals surface area contributed by atoms with Crippen LogP contribution in [0.1, 0.15) is 11.1 Å². The van der Waals surface area contributed by atoms with Crippen LogP contribution < -0.4 is 15.5 Å². The first-order valence-electron chi connectivity index (χ1n) is 8.23. The van der Waals surface area contributed by atoms with E-state index in [1.54, 1.807) is 42.5 Å². The summed E-state index contributed by atoms with van der Waals surface area (Å²) in [6, 6.07) is 12.3. The van der Waals surface area contributed by atoms with Gasteiger partial charge in [0.25, 0.3) is 11.8 Å². The van der Waals surface area contributed by atoms with Gasteiger partial charge in [-0.3, -0.25) is 9.59 Å². The molecule has 0 aromatic heterocycles. The van der Waals surface area contributed by atoms with Gasteiger partial charge in [0.1, 0.15) is 0 Å². The molecule has 0 radical (unpaired) electrons. The van der Waals surface area contributed by atoms with Gasteiger partial charge in [0.2, 0.25) is 5.54 Å². The number of fused-ring (bicyclic) bond motifs is 2. The van der Waals surface area contributed by atoms with Gasteiger partial charge in [-0.1, -0.05) is 59.6 Å². The number of benzene rings is 2. The zero-order valence-electron chi connectivity index (χ0n) is 13.9. The molecular formula is C19H15Cl2N3O3. The van der Waals surface area contributed by atoms with E-state index < -0.39 is 23.7 Å². The highest BCUT2D eigenvalue weighted by Crippen LogP contribution is 2.42. The maximum absolute atomic E-state index is 13.1. The molecule has 2 heterocycles. The minimum Gasteiger partial charge on any atom is -0.361 e. The Hall–Kier alpha value is -2.38. The number of para-hydroxylation sites is 1. The monoisotopic (exact) mass is 403 g/mol. The van der Waals surface area contributed by atoms with Gasteiger partial charge < -0.3 is 15.3 Å². The predicted molar refractivity (Wildman–Crippen MR) is 103 cm³/mol. The molecule has 8 heteroatoms. The molecule has 27 heavy (non-hydrogen) atoms. The number of nitrogens with one attached hydrogen (secondary N) is 2. The number of aliphatic hydroxyl groups excluding tert-OH is 1. The van der Waals surface area contributed by atoms with Gasteiger partial charge in [-0.25, -0.2) is 5.32 Å². The van der Waals surface area contributed by atoms with Crippen molar-refractivity contribution in [2.45, 2.75) is 11.9 Å². The molecule has 2 aromatic rings. The SMILES string of the molecule is O=C1NC(O)NC12C(=O)N(C/C=C/c1ccc(Cl)c(Cl)c1)c1ccccc12. The number of hydrogen-bond acceptors (Lipinski definition) is 4. The molecule has 0 saturated carbocycles. The van der Waals surface area contributed by atoms with E-state index in [0.717, 1.165) is 5.56 Å². The lowest BCUT2D eigenvalue weighted by atomic mass is 9.92. The fraction of sp³-hybridized carbons (Fsp3) is 0.158. The van der Waals surface area contributed by atoms with Crippen molar-refractivity contribution in [3.05, 3.63) is 69.7 Å². The Bertz CT molecular complexity index is 978. The summed E-state index contributed by atoms with van der Waals surface area (Å²) in [6.07, 6.45) is 2.35. The third kappa shape index (κ3) is 2.82. The summed E-state index contributed by atoms with van der Waals surface area (Å²) in [4.78, 5) is 27.1. The van der Waals surface area contributed by atoms with Crippen LogP contribution in [0.2, 0.25) is 10.0 Å². The zero-order chi connectivity index (χ0) is 19.2. The maximum atomic E-state index is 13.1. The average Bonchev–Trinajstić information content (AvgIpc) is 3.07. The van der Waals surface area contributed by atoms with Gasteiger partial charge in [-0.2, -0.15) is 0 Å². The van der Waals surface area contributed by atoms with Crippen molar-refractivity contribution in [3.63, 3.8) is 0 Å². The van der Waals surface area contributed by atoms with E-state index in [1.165, 1.54) is 4.90 Å². The van der Waals surface area contributed by atoms with Crippen LogP contribution in [0.4, 0.5) is 5.69 Å². The lowest BCUT2D eigenvalue weighted by Crippen LogP contribution is -2.52. The summed E-state index contributed by atoms with van der Waals surface area (Å²) in [5, 5.41) is 15.7. The van der Waals surface area contributed by atoms with Crippen molar-refractivity contribution < 1.29 is 14.7 Å². The molecular weight excluding hydrogens is 389 g/mol. The van der Waals surface area contributed by atoms with E-state index in [4.69, 9.17) is 23.2 Å². The maximum Gasteiger partial charge on any atom is 0.262 e. The third-order valence-corrected chi connectivity index (χ3v) is 5.41. The van der Waals surface area contributed by atoms with Gasteiger partial charge in [-0.05, 0) is 23.8 Å². The van der Waals surface area contributed by atoms with Crippen molar-refractivity contribution in [3.8, 4) is 0 Å². The zero-order valence-corrected chi connectivity index (χ0v) is 15.5. The second kappa shape index (κ2) is 6.65. The van der Waals surface area contributed by atoms with Crippen LogP contribution in [-0.4, -0.2) is 29.8 Å². The number of amides is 2. The Morgan fingerprint density at radius 1 is 1.15 bits per heavy atom. The molecule has 2 aromatic carbocycles. The molecule has 0 bridgehead atoms. The van der Waals surface area contributed by atoms with Gasteiger partial charge in [0.15, 0.2) is 6.35 Å². The van der Waals surface area contributed by atoms with Crippen LogP contribution in [0, 0.1) is 0 Å². The van der Waals surface area contributed by atoms with Gasteiger partial charge in [0.05, 0.1) is 15.7 Å². The molecule has 0 aliphatic carbocycles. The molecule has 2 atom stereocenters.